The zero-order chi connectivity index (χ0) is 21.0. The summed E-state index contributed by atoms with van der Waals surface area (Å²) < 4.78 is 40.0. The summed E-state index contributed by atoms with van der Waals surface area (Å²) in [4.78, 5) is 23.0. The zero-order valence-corrected chi connectivity index (χ0v) is 18.0. The maximum atomic E-state index is 13.1. The Labute approximate surface area is 174 Å². The highest BCUT2D eigenvalue weighted by Crippen LogP contribution is 2.19. The molecule has 3 rings (SSSR count). The molecule has 1 amide bonds. The van der Waals surface area contributed by atoms with Gasteiger partial charge >= 0.3 is 0 Å². The van der Waals surface area contributed by atoms with Gasteiger partial charge in [0.05, 0.1) is 10.6 Å². The lowest BCUT2D eigenvalue weighted by molar-refractivity contribution is -0.128. The summed E-state index contributed by atoms with van der Waals surface area (Å²) in [6.07, 6.45) is 0.539. The van der Waals surface area contributed by atoms with E-state index in [1.54, 1.807) is 4.90 Å². The lowest BCUT2D eigenvalue weighted by Crippen LogP contribution is -2.38. The van der Waals surface area contributed by atoms with E-state index in [1.165, 1.54) is 28.2 Å². The number of benzene rings is 1. The van der Waals surface area contributed by atoms with Crippen LogP contribution in [0.2, 0.25) is 0 Å². The van der Waals surface area contributed by atoms with E-state index in [4.69, 9.17) is 0 Å². The van der Waals surface area contributed by atoms with E-state index in [-0.39, 0.29) is 23.1 Å². The van der Waals surface area contributed by atoms with Gasteiger partial charge in [0.15, 0.2) is 5.16 Å². The lowest BCUT2D eigenvalue weighted by Gasteiger charge is -2.22. The molecule has 29 heavy (non-hydrogen) atoms. The Morgan fingerprint density at radius 2 is 1.72 bits per heavy atom. The fourth-order valence-corrected chi connectivity index (χ4v) is 5.44. The van der Waals surface area contributed by atoms with Gasteiger partial charge in [-0.25, -0.2) is 22.8 Å². The van der Waals surface area contributed by atoms with Crippen LogP contribution in [0.3, 0.4) is 0 Å². The molecular weight excluding hydrogens is 415 g/mol. The Hall–Kier alpha value is -2.04. The van der Waals surface area contributed by atoms with E-state index >= 15 is 0 Å². The van der Waals surface area contributed by atoms with Gasteiger partial charge in [-0.3, -0.25) is 4.79 Å². The summed E-state index contributed by atoms with van der Waals surface area (Å²) in [5.74, 6) is -0.353. The van der Waals surface area contributed by atoms with Crippen molar-refractivity contribution < 1.29 is 17.6 Å². The Bertz CT molecular complexity index is 963. The largest absolute Gasteiger partial charge is 0.341 e. The molecular formula is C19H23FN4O3S2. The molecule has 1 aliphatic heterocycles. The summed E-state index contributed by atoms with van der Waals surface area (Å²) in [5, 5.41) is 0.561. The van der Waals surface area contributed by atoms with Gasteiger partial charge in [-0.2, -0.15) is 4.31 Å². The van der Waals surface area contributed by atoms with Crippen LogP contribution in [-0.4, -0.2) is 65.4 Å². The van der Waals surface area contributed by atoms with Gasteiger partial charge in [-0.15, -0.1) is 0 Å². The molecule has 1 aromatic carbocycles. The van der Waals surface area contributed by atoms with E-state index in [2.05, 4.69) is 9.97 Å². The van der Waals surface area contributed by atoms with Crippen LogP contribution in [0.1, 0.15) is 17.8 Å². The number of aryl methyl sites for hydroxylation is 2. The average molecular weight is 439 g/mol. The van der Waals surface area contributed by atoms with Crippen LogP contribution in [0.25, 0.3) is 0 Å². The first-order chi connectivity index (χ1) is 13.8. The number of amides is 1. The number of aromatic nitrogens is 2. The molecule has 156 valence electrons. The minimum atomic E-state index is -3.71. The first kappa shape index (κ1) is 21.7. The molecule has 1 aromatic heterocycles. The number of carbonyl (C=O) groups excluding carboxylic acids is 1. The van der Waals surface area contributed by atoms with Crippen LogP contribution in [-0.2, 0) is 14.8 Å². The van der Waals surface area contributed by atoms with E-state index in [9.17, 15) is 17.6 Å². The van der Waals surface area contributed by atoms with Crippen LogP contribution in [0, 0.1) is 19.7 Å². The van der Waals surface area contributed by atoms with Gasteiger partial charge < -0.3 is 4.90 Å². The van der Waals surface area contributed by atoms with Crippen LogP contribution in [0.15, 0.2) is 40.4 Å². The van der Waals surface area contributed by atoms with Crippen LogP contribution in [0.4, 0.5) is 4.39 Å². The second kappa shape index (κ2) is 9.19. The predicted molar refractivity (Wildman–Crippen MR) is 109 cm³/mol. The lowest BCUT2D eigenvalue weighted by atomic mass is 10.4. The number of halogens is 1. The molecule has 0 spiro atoms. The summed E-state index contributed by atoms with van der Waals surface area (Å²) >= 11 is 1.28. The molecule has 0 unspecified atom stereocenters. The number of sulfonamides is 1. The average Bonchev–Trinajstić information content (AvgIpc) is 2.92. The van der Waals surface area contributed by atoms with Crippen molar-refractivity contribution in [2.24, 2.45) is 0 Å². The van der Waals surface area contributed by atoms with Gasteiger partial charge in [0.1, 0.15) is 5.82 Å². The highest BCUT2D eigenvalue weighted by atomic mass is 32.2. The van der Waals surface area contributed by atoms with Crippen molar-refractivity contribution in [2.75, 3.05) is 31.9 Å². The third-order valence-corrected chi connectivity index (χ3v) is 7.29. The quantitative estimate of drug-likeness (QED) is 0.526. The monoisotopic (exact) mass is 438 g/mol. The van der Waals surface area contributed by atoms with Gasteiger partial charge in [-0.1, -0.05) is 11.8 Å². The molecule has 2 aromatic rings. The standard InChI is InChI=1S/C19H23FN4O3S2/c1-14-12-15(2)22-19(21-14)28-13-18(25)23-8-3-9-24(11-10-23)29(26,27)17-6-4-16(20)5-7-17/h4-7,12H,3,8-11,13H2,1-2H3. The predicted octanol–water partition coefficient (Wildman–Crippen LogP) is 2.25. The molecule has 0 atom stereocenters. The number of carbonyl (C=O) groups is 1. The van der Waals surface area contributed by atoms with Gasteiger partial charge in [0, 0.05) is 37.6 Å². The summed E-state index contributed by atoms with van der Waals surface area (Å²) in [5.41, 5.74) is 1.70. The molecule has 1 aliphatic rings. The third kappa shape index (κ3) is 5.52. The van der Waals surface area contributed by atoms with E-state index in [0.29, 0.717) is 31.2 Å². The van der Waals surface area contributed by atoms with Crippen molar-refractivity contribution >= 4 is 27.7 Å². The second-order valence-electron chi connectivity index (χ2n) is 6.81. The van der Waals surface area contributed by atoms with Crippen molar-refractivity contribution in [1.29, 1.82) is 0 Å². The molecule has 7 nitrogen and oxygen atoms in total. The third-order valence-electron chi connectivity index (χ3n) is 4.55. The zero-order valence-electron chi connectivity index (χ0n) is 16.3. The SMILES string of the molecule is Cc1cc(C)nc(SCC(=O)N2CCCN(S(=O)(=O)c3ccc(F)cc3)CC2)n1. The van der Waals surface area contributed by atoms with Crippen LogP contribution in [0.5, 0.6) is 0 Å². The second-order valence-corrected chi connectivity index (χ2v) is 9.69. The summed E-state index contributed by atoms with van der Waals surface area (Å²) in [7, 11) is -3.71. The van der Waals surface area contributed by atoms with Gasteiger partial charge in [0.25, 0.3) is 0 Å². The minimum Gasteiger partial charge on any atom is -0.341 e. The smallest absolute Gasteiger partial charge is 0.243 e. The van der Waals surface area contributed by atoms with Crippen molar-refractivity contribution in [3.8, 4) is 0 Å². The van der Waals surface area contributed by atoms with E-state index < -0.39 is 15.8 Å². The number of rotatable bonds is 5. The topological polar surface area (TPSA) is 83.5 Å². The van der Waals surface area contributed by atoms with Crippen LogP contribution < -0.4 is 0 Å². The minimum absolute atomic E-state index is 0.0567. The number of nitrogens with zero attached hydrogens (tertiary/aromatic N) is 4. The molecule has 1 fully saturated rings. The normalized spacial score (nSPS) is 15.9. The highest BCUT2D eigenvalue weighted by molar-refractivity contribution is 7.99. The molecule has 0 radical (unpaired) electrons. The first-order valence-corrected chi connectivity index (χ1v) is 11.7. The molecule has 2 heterocycles. The molecule has 0 aliphatic carbocycles. The summed E-state index contributed by atoms with van der Waals surface area (Å²) in [6.45, 7) is 5.08. The molecule has 0 saturated carbocycles. The number of thioether (sulfide) groups is 1. The maximum absolute atomic E-state index is 13.1. The number of hydrogen-bond donors (Lipinski definition) is 0. The van der Waals surface area contributed by atoms with Crippen molar-refractivity contribution in [2.45, 2.75) is 30.3 Å². The molecule has 10 heteroatoms. The molecule has 1 saturated heterocycles. The Kier molecular flexibility index (Phi) is 6.86. The van der Waals surface area contributed by atoms with Gasteiger partial charge in [0.2, 0.25) is 15.9 Å². The van der Waals surface area contributed by atoms with Crippen LogP contribution >= 0.6 is 11.8 Å². The maximum Gasteiger partial charge on any atom is 0.243 e. The molecule has 0 N–H and O–H groups in total. The fourth-order valence-electron chi connectivity index (χ4n) is 3.11. The van der Waals surface area contributed by atoms with Crippen molar-refractivity contribution in [3.63, 3.8) is 0 Å². The van der Waals surface area contributed by atoms with Crippen molar-refractivity contribution in [1.82, 2.24) is 19.2 Å². The highest BCUT2D eigenvalue weighted by Gasteiger charge is 2.28. The summed E-state index contributed by atoms with van der Waals surface area (Å²) in [6, 6.07) is 6.66. The first-order valence-electron chi connectivity index (χ1n) is 9.24. The Morgan fingerprint density at radius 3 is 2.38 bits per heavy atom. The van der Waals surface area contributed by atoms with Crippen molar-refractivity contribution in [3.05, 3.63) is 47.5 Å². The number of hydrogen-bond acceptors (Lipinski definition) is 6. The Morgan fingerprint density at radius 1 is 1.07 bits per heavy atom. The Balaban J connectivity index is 1.60. The van der Waals surface area contributed by atoms with E-state index in [1.807, 2.05) is 19.9 Å². The van der Waals surface area contributed by atoms with E-state index in [0.717, 1.165) is 23.5 Å². The van der Waals surface area contributed by atoms with Gasteiger partial charge in [-0.05, 0) is 50.6 Å². The molecule has 0 bridgehead atoms. The fraction of sp³-hybridized carbons (Fsp3) is 0.421.